The summed E-state index contributed by atoms with van der Waals surface area (Å²) in [5.74, 6) is -5.80. The Balaban J connectivity index is 1.97. The summed E-state index contributed by atoms with van der Waals surface area (Å²) >= 11 is 0. The average molecular weight is 1110 g/mol. The molecule has 2 heterocycles. The number of allylic oxidation sites excluding steroid dienone is 3. The minimum absolute atomic E-state index is 0.0114. The third kappa shape index (κ3) is 17.8. The quantitative estimate of drug-likeness (QED) is 0.0338. The standard InChI is InChI=1S/C59H103NO14Si2/c1-22-29-70-59(54(63)56(65)69-17)40(6)34-50(68-16)53(72-59)49(67-15)32-38(4)30-37(3)31-43(23-2)45(61)36-47(74-76(20,21)58(11,12)13)41(7)52(71-55(64)44-25-24-26-51(62)60-44)39(5)33-42-27-28-46(48(35-42)66-14)73-75(18,19)57(8,9)10/h22,31,33,38,40-44,46-50,52-53H,1,23-30,32,34-36H2,2-21H3,(H,60,62)/b37-31+,39-33+/t38-,40+,41-,42-,43+,44-,46+,47-,48+,49-,50-,52+,53+,59?/m0/s1. The molecule has 0 aromatic heterocycles. The number of carbonyl (C=O) groups is 5. The van der Waals surface area contributed by atoms with Gasteiger partial charge in [-0.05, 0) is 125 Å². The first-order valence-electron chi connectivity index (χ1n) is 28.1. The predicted molar refractivity (Wildman–Crippen MR) is 303 cm³/mol. The fourth-order valence-electron chi connectivity index (χ4n) is 10.7. The summed E-state index contributed by atoms with van der Waals surface area (Å²) in [6.45, 7) is 37.9. The Morgan fingerprint density at radius 1 is 0.882 bits per heavy atom. The maximum absolute atomic E-state index is 14.9. The van der Waals surface area contributed by atoms with Gasteiger partial charge < -0.3 is 47.3 Å². The summed E-state index contributed by atoms with van der Waals surface area (Å²) in [5.41, 5.74) is 1.91. The normalized spacial score (nSPS) is 27.8. The molecule has 3 rings (SSSR count). The van der Waals surface area contributed by atoms with Crippen molar-refractivity contribution in [2.75, 3.05) is 35.0 Å². The van der Waals surface area contributed by atoms with E-state index in [1.807, 2.05) is 27.7 Å². The number of Topliss-reactive ketones (excluding diaryl/α,β-unsaturated/α-hetero) is 2. The van der Waals surface area contributed by atoms with Crippen molar-refractivity contribution < 1.29 is 66.0 Å². The van der Waals surface area contributed by atoms with Crippen molar-refractivity contribution in [2.24, 2.45) is 29.6 Å². The van der Waals surface area contributed by atoms with Gasteiger partial charge >= 0.3 is 11.9 Å². The van der Waals surface area contributed by atoms with E-state index >= 15 is 0 Å². The van der Waals surface area contributed by atoms with Crippen molar-refractivity contribution in [3.05, 3.63) is 36.0 Å². The number of esters is 2. The minimum Gasteiger partial charge on any atom is -0.463 e. The van der Waals surface area contributed by atoms with Crippen LogP contribution < -0.4 is 5.32 Å². The van der Waals surface area contributed by atoms with E-state index in [0.29, 0.717) is 44.9 Å². The monoisotopic (exact) mass is 1110 g/mol. The van der Waals surface area contributed by atoms with Gasteiger partial charge in [0.2, 0.25) is 11.7 Å². The van der Waals surface area contributed by atoms with Gasteiger partial charge in [-0.3, -0.25) is 14.4 Å². The fourth-order valence-corrected chi connectivity index (χ4v) is 13.5. The minimum atomic E-state index is -2.53. The lowest BCUT2D eigenvalue weighted by atomic mass is 9.81. The van der Waals surface area contributed by atoms with Crippen molar-refractivity contribution >= 4 is 46.0 Å². The second-order valence-corrected chi connectivity index (χ2v) is 34.9. The molecule has 436 valence electrons. The van der Waals surface area contributed by atoms with E-state index in [9.17, 15) is 24.0 Å². The Morgan fingerprint density at radius 3 is 2.05 bits per heavy atom. The molecule has 3 fully saturated rings. The summed E-state index contributed by atoms with van der Waals surface area (Å²) in [5, 5.41) is 2.73. The molecule has 1 aliphatic carbocycles. The molecule has 76 heavy (non-hydrogen) atoms. The van der Waals surface area contributed by atoms with Gasteiger partial charge in [-0.15, -0.1) is 6.58 Å². The molecule has 2 aliphatic heterocycles. The van der Waals surface area contributed by atoms with Crippen LogP contribution in [-0.2, 0) is 66.0 Å². The fraction of sp³-hybridized carbons (Fsp3) is 0.814. The van der Waals surface area contributed by atoms with Crippen LogP contribution in [0.1, 0.15) is 154 Å². The van der Waals surface area contributed by atoms with Crippen LogP contribution in [0, 0.1) is 29.6 Å². The summed E-state index contributed by atoms with van der Waals surface area (Å²) in [6.07, 6.45) is 8.66. The number of methoxy groups -OCH3 is 4. The molecule has 1 N–H and O–H groups in total. The van der Waals surface area contributed by atoms with Gasteiger partial charge in [0.15, 0.2) is 16.6 Å². The molecule has 0 radical (unpaired) electrons. The molecule has 0 aromatic carbocycles. The highest BCUT2D eigenvalue weighted by Gasteiger charge is 2.58. The SMILES string of the molecule is C=CCOC1(C(=O)C(=O)OC)O[C@H]([C@H](C[C@@H](C)C/C(C)=C/[C@@H](CC)C(=O)C[C@H](O[Si](C)(C)C(C)(C)C)[C@H](C)[C@H](OC(=O)[C@@H]2CCCC(=O)N2)/C(C)=C/[C@@H]2CC[C@@H](O[Si](C)(C)C(C)(C)C)[C@H](OC)C2)OC)[C@@H](OC)C[C@H]1C. The Hall–Kier alpha value is -2.88. The van der Waals surface area contributed by atoms with Crippen molar-refractivity contribution in [1.82, 2.24) is 5.32 Å². The van der Waals surface area contributed by atoms with Crippen LogP contribution in [-0.4, -0.2) is 136 Å². The van der Waals surface area contributed by atoms with Crippen LogP contribution in [0.2, 0.25) is 36.3 Å². The van der Waals surface area contributed by atoms with Crippen LogP contribution in [0.3, 0.4) is 0 Å². The molecular weight excluding hydrogens is 1000 g/mol. The Morgan fingerprint density at radius 2 is 1.51 bits per heavy atom. The smallest absolute Gasteiger partial charge is 0.380 e. The molecular formula is C59H103NO14Si2. The second kappa shape index (κ2) is 29.0. The van der Waals surface area contributed by atoms with E-state index < -0.39 is 94.5 Å². The highest BCUT2D eigenvalue weighted by molar-refractivity contribution is 6.74. The molecule has 2 saturated heterocycles. The van der Waals surface area contributed by atoms with Crippen LogP contribution in [0.15, 0.2) is 36.0 Å². The number of rotatable bonds is 28. The van der Waals surface area contributed by atoms with E-state index in [2.05, 4.69) is 98.7 Å². The van der Waals surface area contributed by atoms with Gasteiger partial charge in [-0.2, -0.15) is 0 Å². The van der Waals surface area contributed by atoms with Crippen LogP contribution in [0.5, 0.6) is 0 Å². The van der Waals surface area contributed by atoms with Gasteiger partial charge in [-0.1, -0.05) is 93.0 Å². The number of hydrogen-bond acceptors (Lipinski definition) is 14. The lowest BCUT2D eigenvalue weighted by Gasteiger charge is -2.48. The van der Waals surface area contributed by atoms with Gasteiger partial charge in [0.05, 0.1) is 44.2 Å². The Labute approximate surface area is 460 Å². The summed E-state index contributed by atoms with van der Waals surface area (Å²) in [7, 11) is 1.48. The van der Waals surface area contributed by atoms with Crippen molar-refractivity contribution in [1.29, 1.82) is 0 Å². The Bertz CT molecular complexity index is 2010. The lowest BCUT2D eigenvalue weighted by Crippen LogP contribution is -2.63. The summed E-state index contributed by atoms with van der Waals surface area (Å²) in [6, 6.07) is -0.758. The lowest BCUT2D eigenvalue weighted by molar-refractivity contribution is -0.316. The molecule has 3 aliphatic rings. The van der Waals surface area contributed by atoms with Crippen LogP contribution >= 0.6 is 0 Å². The van der Waals surface area contributed by atoms with Crippen molar-refractivity contribution in [3.63, 3.8) is 0 Å². The number of nitrogens with one attached hydrogen (secondary N) is 1. The van der Waals surface area contributed by atoms with E-state index in [4.69, 9.17) is 42.0 Å². The number of amides is 1. The number of piperidine rings is 1. The van der Waals surface area contributed by atoms with Crippen LogP contribution in [0.25, 0.3) is 0 Å². The largest absolute Gasteiger partial charge is 0.463 e. The van der Waals surface area contributed by atoms with Gasteiger partial charge in [-0.25, -0.2) is 9.59 Å². The molecule has 1 saturated carbocycles. The first kappa shape index (κ1) is 67.4. The molecule has 14 atom stereocenters. The highest BCUT2D eigenvalue weighted by atomic mass is 28.4. The molecule has 1 unspecified atom stereocenters. The highest BCUT2D eigenvalue weighted by Crippen LogP contribution is 2.44. The first-order valence-corrected chi connectivity index (χ1v) is 34.0. The molecule has 0 spiro atoms. The van der Waals surface area contributed by atoms with Gasteiger partial charge in [0.1, 0.15) is 24.0 Å². The summed E-state index contributed by atoms with van der Waals surface area (Å²) in [4.78, 5) is 67.8. The predicted octanol–water partition coefficient (Wildman–Crippen LogP) is 11.2. The second-order valence-electron chi connectivity index (χ2n) is 25.4. The third-order valence-electron chi connectivity index (χ3n) is 17.4. The van der Waals surface area contributed by atoms with E-state index in [1.54, 1.807) is 28.3 Å². The van der Waals surface area contributed by atoms with E-state index in [1.165, 1.54) is 6.08 Å². The topological polar surface area (TPSA) is 180 Å². The third-order valence-corrected chi connectivity index (χ3v) is 26.4. The molecule has 15 nitrogen and oxygen atoms in total. The molecule has 0 bridgehead atoms. The van der Waals surface area contributed by atoms with E-state index in [0.717, 1.165) is 37.5 Å². The number of ketones is 2. The van der Waals surface area contributed by atoms with Crippen molar-refractivity contribution in [2.45, 2.75) is 245 Å². The average Bonchev–Trinajstić information content (AvgIpc) is 3.34. The van der Waals surface area contributed by atoms with Crippen molar-refractivity contribution in [3.8, 4) is 0 Å². The Kier molecular flexibility index (Phi) is 25.7. The molecule has 1 amide bonds. The number of carbonyl (C=O) groups excluding carboxylic acids is 5. The maximum atomic E-state index is 14.9. The number of ether oxygens (including phenoxy) is 7. The zero-order valence-corrected chi connectivity index (χ0v) is 52.6. The first-order chi connectivity index (χ1) is 35.3. The maximum Gasteiger partial charge on any atom is 0.380 e. The zero-order valence-electron chi connectivity index (χ0n) is 50.6. The zero-order chi connectivity index (χ0) is 57.7. The van der Waals surface area contributed by atoms with Crippen LogP contribution in [0.4, 0.5) is 0 Å². The number of hydrogen-bond donors (Lipinski definition) is 1. The van der Waals surface area contributed by atoms with Gasteiger partial charge in [0.25, 0.3) is 5.78 Å². The molecule has 0 aromatic rings. The van der Waals surface area contributed by atoms with E-state index in [-0.39, 0.29) is 58.8 Å². The summed E-state index contributed by atoms with van der Waals surface area (Å²) < 4.78 is 56.2. The molecule has 17 heteroatoms. The van der Waals surface area contributed by atoms with Gasteiger partial charge in [0, 0.05) is 51.9 Å².